The van der Waals surface area contributed by atoms with Crippen molar-refractivity contribution in [2.24, 2.45) is 11.3 Å². The van der Waals surface area contributed by atoms with Crippen LogP contribution in [-0.2, 0) is 25.6 Å². The molecule has 2 unspecified atom stereocenters. The molecule has 0 radical (unpaired) electrons. The van der Waals surface area contributed by atoms with Crippen LogP contribution in [0.4, 0.5) is 0 Å². The van der Waals surface area contributed by atoms with Crippen LogP contribution >= 0.6 is 0 Å². The number of allylic oxidation sites excluding steroid dienone is 2. The van der Waals surface area contributed by atoms with E-state index in [4.69, 9.17) is 5.11 Å². The second-order valence-electron chi connectivity index (χ2n) is 5.50. The molecule has 2 rings (SSSR count). The fourth-order valence-corrected chi connectivity index (χ4v) is 2.74. The highest BCUT2D eigenvalue weighted by atomic mass is 16.4. The molecule has 23 heavy (non-hydrogen) atoms. The standard InChI is InChI=1S/C17H14O6/c1-17(16(22)23)13(7-10-5-3-2-4-6-10)11(9-18)8-12(14(17)19)15(20)21/h2-6,8,13H,7H2,1H3,(H,20,21)(H,22,23). The van der Waals surface area contributed by atoms with E-state index >= 15 is 0 Å². The van der Waals surface area contributed by atoms with Crippen LogP contribution in [0.5, 0.6) is 0 Å². The van der Waals surface area contributed by atoms with Crippen LogP contribution in [-0.4, -0.2) is 33.9 Å². The van der Waals surface area contributed by atoms with Crippen LogP contribution in [0, 0.1) is 11.3 Å². The van der Waals surface area contributed by atoms with Gasteiger partial charge in [0.05, 0.1) is 0 Å². The third-order valence-corrected chi connectivity index (χ3v) is 4.16. The summed E-state index contributed by atoms with van der Waals surface area (Å²) in [7, 11) is 0. The summed E-state index contributed by atoms with van der Waals surface area (Å²) >= 11 is 0. The second-order valence-corrected chi connectivity index (χ2v) is 5.50. The summed E-state index contributed by atoms with van der Waals surface area (Å²) in [5.41, 5.74) is -2.14. The Morgan fingerprint density at radius 2 is 1.83 bits per heavy atom. The zero-order valence-electron chi connectivity index (χ0n) is 12.3. The van der Waals surface area contributed by atoms with Crippen LogP contribution in [0.2, 0.25) is 0 Å². The summed E-state index contributed by atoms with van der Waals surface area (Å²) in [6.07, 6.45) is 1.04. The fraction of sp³-hybridized carbons (Fsp3) is 0.235. The summed E-state index contributed by atoms with van der Waals surface area (Å²) in [5.74, 6) is -3.44. The SMILES string of the molecule is CC1(C(=O)O)C(=O)C(C(=O)O)=CC(=C=O)C1Cc1ccccc1. The number of carbonyl (C=O) groups is 3. The Morgan fingerprint density at radius 3 is 2.30 bits per heavy atom. The van der Waals surface area contributed by atoms with E-state index in [1.165, 1.54) is 0 Å². The largest absolute Gasteiger partial charge is 0.480 e. The highest BCUT2D eigenvalue weighted by Crippen LogP contribution is 2.42. The predicted molar refractivity (Wildman–Crippen MR) is 79.3 cm³/mol. The number of aliphatic carboxylic acids is 2. The van der Waals surface area contributed by atoms with Crippen LogP contribution in [0.1, 0.15) is 12.5 Å². The van der Waals surface area contributed by atoms with Crippen molar-refractivity contribution in [2.75, 3.05) is 0 Å². The maximum atomic E-state index is 12.4. The number of rotatable bonds is 4. The number of benzene rings is 1. The minimum absolute atomic E-state index is 0.114. The van der Waals surface area contributed by atoms with Crippen molar-refractivity contribution in [1.29, 1.82) is 0 Å². The van der Waals surface area contributed by atoms with Crippen molar-refractivity contribution in [2.45, 2.75) is 13.3 Å². The van der Waals surface area contributed by atoms with E-state index in [1.807, 2.05) is 0 Å². The molecule has 0 fully saturated rings. The van der Waals surface area contributed by atoms with Gasteiger partial charge in [-0.3, -0.25) is 9.59 Å². The van der Waals surface area contributed by atoms with E-state index in [0.29, 0.717) is 0 Å². The van der Waals surface area contributed by atoms with Gasteiger partial charge in [-0.2, -0.15) is 0 Å². The first-order valence-electron chi connectivity index (χ1n) is 6.84. The number of Topliss-reactive ketones (excluding diaryl/α,β-unsaturated/α-hetero) is 1. The van der Waals surface area contributed by atoms with Crippen molar-refractivity contribution in [3.63, 3.8) is 0 Å². The van der Waals surface area contributed by atoms with Gasteiger partial charge in [-0.1, -0.05) is 30.3 Å². The molecule has 0 saturated carbocycles. The van der Waals surface area contributed by atoms with E-state index < -0.39 is 34.6 Å². The second kappa shape index (κ2) is 6.02. The van der Waals surface area contributed by atoms with E-state index in [2.05, 4.69) is 0 Å². The summed E-state index contributed by atoms with van der Waals surface area (Å²) in [4.78, 5) is 46.6. The normalized spacial score (nSPS) is 23.9. The van der Waals surface area contributed by atoms with Crippen molar-refractivity contribution < 1.29 is 29.4 Å². The maximum Gasteiger partial charge on any atom is 0.339 e. The van der Waals surface area contributed by atoms with Crippen molar-refractivity contribution in [3.8, 4) is 0 Å². The van der Waals surface area contributed by atoms with Crippen molar-refractivity contribution >= 4 is 23.7 Å². The number of hydrogen-bond donors (Lipinski definition) is 2. The third kappa shape index (κ3) is 2.72. The first-order chi connectivity index (χ1) is 10.8. The van der Waals surface area contributed by atoms with E-state index in [9.17, 15) is 24.3 Å². The Hall–Kier alpha value is -2.98. The van der Waals surface area contributed by atoms with Gasteiger partial charge < -0.3 is 10.2 Å². The highest BCUT2D eigenvalue weighted by molar-refractivity contribution is 6.25. The Bertz CT molecular complexity index is 755. The molecule has 0 aromatic heterocycles. The van der Waals surface area contributed by atoms with Gasteiger partial charge in [0.1, 0.15) is 16.9 Å². The number of carboxylic acid groups (broad SMARTS) is 2. The molecule has 0 spiro atoms. The van der Waals surface area contributed by atoms with Crippen LogP contribution in [0.15, 0.2) is 47.6 Å². The summed E-state index contributed by atoms with van der Waals surface area (Å²) in [6, 6.07) is 8.77. The molecular weight excluding hydrogens is 300 g/mol. The van der Waals surface area contributed by atoms with Crippen LogP contribution in [0.3, 0.4) is 0 Å². The van der Waals surface area contributed by atoms with Crippen LogP contribution in [0.25, 0.3) is 0 Å². The molecule has 1 aliphatic carbocycles. The van der Waals surface area contributed by atoms with E-state index in [1.54, 1.807) is 36.3 Å². The van der Waals surface area contributed by atoms with Gasteiger partial charge in [-0.25, -0.2) is 9.59 Å². The molecule has 1 aromatic rings. The Kier molecular flexibility index (Phi) is 4.29. The third-order valence-electron chi connectivity index (χ3n) is 4.16. The average molecular weight is 314 g/mol. The summed E-state index contributed by atoms with van der Waals surface area (Å²) in [5, 5.41) is 18.6. The average Bonchev–Trinajstić information content (AvgIpc) is 2.52. The first kappa shape index (κ1) is 16.4. The monoisotopic (exact) mass is 314 g/mol. The molecule has 0 aliphatic heterocycles. The molecular formula is C17H14O6. The quantitative estimate of drug-likeness (QED) is 0.492. The Balaban J connectivity index is 2.61. The smallest absolute Gasteiger partial charge is 0.339 e. The van der Waals surface area contributed by atoms with Crippen molar-refractivity contribution in [1.82, 2.24) is 0 Å². The molecule has 1 aliphatic rings. The lowest BCUT2D eigenvalue weighted by Gasteiger charge is -2.35. The van der Waals surface area contributed by atoms with Gasteiger partial charge >= 0.3 is 11.9 Å². The predicted octanol–water partition coefficient (Wildman–Crippen LogP) is 1.29. The van der Waals surface area contributed by atoms with Gasteiger partial charge in [-0.15, -0.1) is 0 Å². The lowest BCUT2D eigenvalue weighted by molar-refractivity contribution is -0.156. The topological polar surface area (TPSA) is 109 Å². The molecule has 2 N–H and O–H groups in total. The lowest BCUT2D eigenvalue weighted by atomic mass is 9.63. The number of hydrogen-bond acceptors (Lipinski definition) is 4. The molecule has 0 saturated heterocycles. The van der Waals surface area contributed by atoms with Crippen molar-refractivity contribution in [3.05, 3.63) is 53.1 Å². The fourth-order valence-electron chi connectivity index (χ4n) is 2.74. The summed E-state index contributed by atoms with van der Waals surface area (Å²) < 4.78 is 0. The van der Waals surface area contributed by atoms with Gasteiger partial charge in [0.15, 0.2) is 5.78 Å². The molecule has 2 atom stereocenters. The number of ketones is 1. The molecule has 6 nitrogen and oxygen atoms in total. The maximum absolute atomic E-state index is 12.4. The van der Waals surface area contributed by atoms with Gasteiger partial charge in [0.2, 0.25) is 0 Å². The Labute approximate surface area is 131 Å². The van der Waals surface area contributed by atoms with Crippen LogP contribution < -0.4 is 0 Å². The molecule has 0 amide bonds. The summed E-state index contributed by atoms with van der Waals surface area (Å²) in [6.45, 7) is 1.15. The lowest BCUT2D eigenvalue weighted by Crippen LogP contribution is -2.49. The van der Waals surface area contributed by atoms with Gasteiger partial charge in [-0.05, 0) is 25.0 Å². The van der Waals surface area contributed by atoms with E-state index in [0.717, 1.165) is 18.6 Å². The zero-order chi connectivity index (χ0) is 17.2. The minimum Gasteiger partial charge on any atom is -0.480 e. The first-order valence-corrected chi connectivity index (χ1v) is 6.84. The number of carboxylic acids is 2. The highest BCUT2D eigenvalue weighted by Gasteiger charge is 2.54. The molecule has 0 bridgehead atoms. The molecule has 0 heterocycles. The number of carbonyl (C=O) groups excluding carboxylic acids is 2. The van der Waals surface area contributed by atoms with Gasteiger partial charge in [0.25, 0.3) is 0 Å². The zero-order valence-corrected chi connectivity index (χ0v) is 12.3. The Morgan fingerprint density at radius 1 is 1.22 bits per heavy atom. The van der Waals surface area contributed by atoms with Gasteiger partial charge in [0, 0.05) is 11.5 Å². The molecule has 1 aromatic carbocycles. The van der Waals surface area contributed by atoms with E-state index in [-0.39, 0.29) is 12.0 Å². The molecule has 118 valence electrons. The molecule has 6 heteroatoms. The minimum atomic E-state index is -2.04.